The summed E-state index contributed by atoms with van der Waals surface area (Å²) in [6.07, 6.45) is 0. The molecule has 0 bridgehead atoms. The van der Waals surface area contributed by atoms with Crippen molar-refractivity contribution >= 4 is 33.0 Å². The summed E-state index contributed by atoms with van der Waals surface area (Å²) in [5, 5.41) is 1.96. The van der Waals surface area contributed by atoms with E-state index in [0.29, 0.717) is 11.5 Å². The number of hydrogen-bond donors (Lipinski definition) is 0. The Bertz CT molecular complexity index is 1290. The third kappa shape index (κ3) is 2.34. The topological polar surface area (TPSA) is 44.5 Å². The van der Waals surface area contributed by atoms with Crippen molar-refractivity contribution in [2.24, 2.45) is 0 Å². The van der Waals surface area contributed by atoms with Gasteiger partial charge in [0.1, 0.15) is 11.1 Å². The number of aromatic nitrogens is 1. The molecule has 0 spiro atoms. The van der Waals surface area contributed by atoms with Gasteiger partial charge in [-0.05, 0) is 23.8 Å². The van der Waals surface area contributed by atoms with Crippen LogP contribution in [-0.2, 0) is 0 Å². The van der Waals surface area contributed by atoms with Crippen LogP contribution < -0.4 is 9.47 Å². The molecule has 0 radical (unpaired) electrons. The summed E-state index contributed by atoms with van der Waals surface area (Å²) in [5.41, 5.74) is 5.37. The molecule has 0 atom stereocenters. The molecule has 0 saturated carbocycles. The Kier molecular flexibility index (Phi) is 3.50. The van der Waals surface area contributed by atoms with Crippen LogP contribution in [-0.4, -0.2) is 19.2 Å². The lowest BCUT2D eigenvalue weighted by Crippen LogP contribution is -1.93. The van der Waals surface area contributed by atoms with Crippen molar-refractivity contribution in [1.82, 2.24) is 4.98 Å². The molecule has 27 heavy (non-hydrogen) atoms. The highest BCUT2D eigenvalue weighted by Gasteiger charge is 2.19. The lowest BCUT2D eigenvalue weighted by atomic mass is 9.99. The molecule has 0 fully saturated rings. The van der Waals surface area contributed by atoms with Crippen LogP contribution in [0.15, 0.2) is 71.1 Å². The minimum absolute atomic E-state index is 0.656. The van der Waals surface area contributed by atoms with Crippen molar-refractivity contribution in [1.29, 1.82) is 0 Å². The third-order valence-electron chi connectivity index (χ3n) is 4.86. The molecule has 2 heterocycles. The third-order valence-corrected chi connectivity index (χ3v) is 4.86. The second-order valence-electron chi connectivity index (χ2n) is 6.35. The number of para-hydroxylation sites is 1. The van der Waals surface area contributed by atoms with E-state index in [-0.39, 0.29) is 0 Å². The van der Waals surface area contributed by atoms with Crippen LogP contribution in [0.2, 0.25) is 0 Å². The number of pyridine rings is 1. The van der Waals surface area contributed by atoms with Crippen molar-refractivity contribution < 1.29 is 13.9 Å². The Hall–Kier alpha value is -3.53. The largest absolute Gasteiger partial charge is 0.493 e. The standard InChI is InChI=1S/C23H17NO3/c1-25-19-12-16-17(13-20(19)26-2)24-22-15-10-6-7-11-18(15)27-23(22)21(16)14-8-4-3-5-9-14/h3-13H,1-2H3. The first-order valence-electron chi connectivity index (χ1n) is 8.72. The van der Waals surface area contributed by atoms with Gasteiger partial charge in [0.05, 0.1) is 19.7 Å². The average molecular weight is 355 g/mol. The van der Waals surface area contributed by atoms with E-state index in [1.807, 2.05) is 54.6 Å². The van der Waals surface area contributed by atoms with Crippen molar-refractivity contribution in [3.63, 3.8) is 0 Å². The molecule has 132 valence electrons. The van der Waals surface area contributed by atoms with Crippen molar-refractivity contribution in [2.45, 2.75) is 0 Å². The quantitative estimate of drug-likeness (QED) is 0.409. The van der Waals surface area contributed by atoms with E-state index in [1.54, 1.807) is 14.2 Å². The highest BCUT2D eigenvalue weighted by Crippen LogP contribution is 2.42. The molecule has 4 nitrogen and oxygen atoms in total. The second-order valence-corrected chi connectivity index (χ2v) is 6.35. The van der Waals surface area contributed by atoms with E-state index in [1.165, 1.54) is 0 Å². The van der Waals surface area contributed by atoms with Gasteiger partial charge in [0.15, 0.2) is 17.1 Å². The molecule has 0 amide bonds. The van der Waals surface area contributed by atoms with Gasteiger partial charge in [-0.1, -0.05) is 42.5 Å². The molecule has 2 aromatic heterocycles. The summed E-state index contributed by atoms with van der Waals surface area (Å²) >= 11 is 0. The SMILES string of the molecule is COc1cc2nc3c(oc4ccccc43)c(-c3ccccc3)c2cc1OC. The van der Waals surface area contributed by atoms with Gasteiger partial charge in [-0.15, -0.1) is 0 Å². The van der Waals surface area contributed by atoms with Gasteiger partial charge in [-0.2, -0.15) is 0 Å². The molecule has 0 saturated heterocycles. The van der Waals surface area contributed by atoms with Crippen LogP contribution >= 0.6 is 0 Å². The molecule has 0 N–H and O–H groups in total. The van der Waals surface area contributed by atoms with Gasteiger partial charge in [0.25, 0.3) is 0 Å². The number of ether oxygens (including phenoxy) is 2. The summed E-state index contributed by atoms with van der Waals surface area (Å²) in [6, 6.07) is 22.1. The molecule has 0 unspecified atom stereocenters. The fourth-order valence-corrected chi connectivity index (χ4v) is 3.61. The van der Waals surface area contributed by atoms with E-state index in [2.05, 4.69) is 12.1 Å². The molecule has 5 rings (SSSR count). The second kappa shape index (κ2) is 6.02. The minimum Gasteiger partial charge on any atom is -0.493 e. The van der Waals surface area contributed by atoms with Crippen LogP contribution in [0, 0.1) is 0 Å². The monoisotopic (exact) mass is 355 g/mol. The van der Waals surface area contributed by atoms with Crippen LogP contribution in [0.3, 0.4) is 0 Å². The van der Waals surface area contributed by atoms with E-state index >= 15 is 0 Å². The Balaban J connectivity index is 2.01. The molecule has 0 aliphatic rings. The molecule has 3 aromatic carbocycles. The molecular formula is C23H17NO3. The van der Waals surface area contributed by atoms with Gasteiger partial charge in [-0.3, -0.25) is 0 Å². The van der Waals surface area contributed by atoms with Crippen molar-refractivity contribution in [2.75, 3.05) is 14.2 Å². The molecule has 0 aliphatic heterocycles. The van der Waals surface area contributed by atoms with Gasteiger partial charge < -0.3 is 13.9 Å². The van der Waals surface area contributed by atoms with E-state index in [9.17, 15) is 0 Å². The highest BCUT2D eigenvalue weighted by molar-refractivity contribution is 6.15. The zero-order valence-corrected chi connectivity index (χ0v) is 15.0. The Morgan fingerprint density at radius 1 is 0.778 bits per heavy atom. The number of methoxy groups -OCH3 is 2. The van der Waals surface area contributed by atoms with Crippen LogP contribution in [0.4, 0.5) is 0 Å². The summed E-state index contributed by atoms with van der Waals surface area (Å²) in [4.78, 5) is 4.91. The minimum atomic E-state index is 0.656. The summed E-state index contributed by atoms with van der Waals surface area (Å²) in [7, 11) is 3.27. The number of nitrogens with zero attached hydrogens (tertiary/aromatic N) is 1. The van der Waals surface area contributed by atoms with E-state index in [4.69, 9.17) is 18.9 Å². The predicted octanol–water partition coefficient (Wildman–Crippen LogP) is 5.82. The van der Waals surface area contributed by atoms with Gasteiger partial charge in [-0.25, -0.2) is 4.98 Å². The Morgan fingerprint density at radius 2 is 1.48 bits per heavy atom. The maximum absolute atomic E-state index is 6.24. The Morgan fingerprint density at radius 3 is 2.26 bits per heavy atom. The first-order chi connectivity index (χ1) is 13.3. The maximum Gasteiger partial charge on any atom is 0.162 e. The zero-order valence-electron chi connectivity index (χ0n) is 15.0. The van der Waals surface area contributed by atoms with E-state index < -0.39 is 0 Å². The predicted molar refractivity (Wildman–Crippen MR) is 108 cm³/mol. The fraction of sp³-hybridized carbons (Fsp3) is 0.0870. The number of benzene rings is 3. The smallest absolute Gasteiger partial charge is 0.162 e. The van der Waals surface area contributed by atoms with Crippen molar-refractivity contribution in [3.8, 4) is 22.6 Å². The van der Waals surface area contributed by atoms with Gasteiger partial charge >= 0.3 is 0 Å². The summed E-state index contributed by atoms with van der Waals surface area (Å²) in [6.45, 7) is 0. The average Bonchev–Trinajstić information content (AvgIpc) is 3.09. The Labute approximate surface area is 156 Å². The number of fused-ring (bicyclic) bond motifs is 4. The maximum atomic E-state index is 6.24. The molecular weight excluding hydrogens is 338 g/mol. The van der Waals surface area contributed by atoms with Crippen LogP contribution in [0.25, 0.3) is 44.1 Å². The summed E-state index contributed by atoms with van der Waals surface area (Å²) < 4.78 is 17.2. The number of rotatable bonds is 3. The zero-order chi connectivity index (χ0) is 18.4. The molecule has 0 aliphatic carbocycles. The van der Waals surface area contributed by atoms with Crippen LogP contribution in [0.5, 0.6) is 11.5 Å². The van der Waals surface area contributed by atoms with Crippen molar-refractivity contribution in [3.05, 3.63) is 66.7 Å². The van der Waals surface area contributed by atoms with E-state index in [0.717, 1.165) is 44.1 Å². The van der Waals surface area contributed by atoms with Crippen LogP contribution in [0.1, 0.15) is 0 Å². The summed E-state index contributed by atoms with van der Waals surface area (Å²) in [5.74, 6) is 1.32. The highest BCUT2D eigenvalue weighted by atomic mass is 16.5. The number of furan rings is 1. The number of hydrogen-bond acceptors (Lipinski definition) is 4. The van der Waals surface area contributed by atoms with Gasteiger partial charge in [0, 0.05) is 22.4 Å². The molecule has 4 heteroatoms. The molecule has 5 aromatic rings. The lowest BCUT2D eigenvalue weighted by molar-refractivity contribution is 0.356. The first kappa shape index (κ1) is 15.7. The lowest BCUT2D eigenvalue weighted by Gasteiger charge is -2.12. The van der Waals surface area contributed by atoms with Gasteiger partial charge in [0.2, 0.25) is 0 Å². The first-order valence-corrected chi connectivity index (χ1v) is 8.72. The fourth-order valence-electron chi connectivity index (χ4n) is 3.61. The normalized spacial score (nSPS) is 11.3.